The van der Waals surface area contributed by atoms with E-state index in [1.54, 1.807) is 0 Å². The molecule has 0 bridgehead atoms. The van der Waals surface area contributed by atoms with Gasteiger partial charge in [-0.1, -0.05) is 0 Å². The molecule has 0 spiro atoms. The lowest BCUT2D eigenvalue weighted by molar-refractivity contribution is -0.384. The first-order chi connectivity index (χ1) is 10.9. The Morgan fingerprint density at radius 3 is 2.78 bits per heavy atom. The van der Waals surface area contributed by atoms with E-state index in [2.05, 4.69) is 10.4 Å². The molecule has 0 atom stereocenters. The number of nitro benzene ring substituents is 1. The zero-order valence-electron chi connectivity index (χ0n) is 11.9. The fraction of sp³-hybridized carbons (Fsp3) is 0.154. The molecule has 0 aliphatic carbocycles. The van der Waals surface area contributed by atoms with Crippen LogP contribution in [-0.2, 0) is 11.3 Å². The zero-order valence-corrected chi connectivity index (χ0v) is 11.9. The summed E-state index contributed by atoms with van der Waals surface area (Å²) in [4.78, 5) is 33.3. The standard InChI is InChI=1S/C13H12N4O6/c1-23-8-2-3-9(11(6-8)17(21)22)15-12(18)7-16-10(13(19)20)4-5-14-16/h2-6H,7H2,1H3,(H,15,18)(H,19,20). The van der Waals surface area contributed by atoms with Crippen LogP contribution in [0.3, 0.4) is 0 Å². The Hall–Kier alpha value is -3.43. The van der Waals surface area contributed by atoms with Crippen LogP contribution in [0.1, 0.15) is 10.5 Å². The number of carbonyl (C=O) groups excluding carboxylic acids is 1. The van der Waals surface area contributed by atoms with Gasteiger partial charge in [0.25, 0.3) is 5.69 Å². The van der Waals surface area contributed by atoms with E-state index >= 15 is 0 Å². The van der Waals surface area contributed by atoms with Crippen molar-refractivity contribution in [2.24, 2.45) is 0 Å². The van der Waals surface area contributed by atoms with Crippen molar-refractivity contribution < 1.29 is 24.4 Å². The van der Waals surface area contributed by atoms with Gasteiger partial charge < -0.3 is 15.2 Å². The maximum Gasteiger partial charge on any atom is 0.354 e. The molecular weight excluding hydrogens is 308 g/mol. The largest absolute Gasteiger partial charge is 0.496 e. The van der Waals surface area contributed by atoms with E-state index in [0.717, 1.165) is 4.68 Å². The summed E-state index contributed by atoms with van der Waals surface area (Å²) in [5.74, 6) is -1.61. The van der Waals surface area contributed by atoms with Gasteiger partial charge in [0.1, 0.15) is 23.7 Å². The Morgan fingerprint density at radius 2 is 2.17 bits per heavy atom. The molecule has 10 nitrogen and oxygen atoms in total. The number of benzene rings is 1. The summed E-state index contributed by atoms with van der Waals surface area (Å²) in [6.45, 7) is -0.391. The van der Waals surface area contributed by atoms with Crippen molar-refractivity contribution in [1.82, 2.24) is 9.78 Å². The van der Waals surface area contributed by atoms with Crippen LogP contribution >= 0.6 is 0 Å². The lowest BCUT2D eigenvalue weighted by atomic mass is 10.2. The third-order valence-electron chi connectivity index (χ3n) is 2.90. The summed E-state index contributed by atoms with van der Waals surface area (Å²) in [6, 6.07) is 5.20. The highest BCUT2D eigenvalue weighted by molar-refractivity contribution is 5.94. The van der Waals surface area contributed by atoms with Crippen LogP contribution in [-0.4, -0.2) is 38.8 Å². The lowest BCUT2D eigenvalue weighted by Gasteiger charge is -2.08. The summed E-state index contributed by atoms with van der Waals surface area (Å²) >= 11 is 0. The molecule has 2 aromatic rings. The van der Waals surface area contributed by atoms with Crippen LogP contribution in [0.4, 0.5) is 11.4 Å². The van der Waals surface area contributed by atoms with Crippen molar-refractivity contribution >= 4 is 23.3 Å². The highest BCUT2D eigenvalue weighted by Gasteiger charge is 2.19. The number of nitrogens with one attached hydrogen (secondary N) is 1. The van der Waals surface area contributed by atoms with Crippen molar-refractivity contribution in [2.45, 2.75) is 6.54 Å². The molecule has 120 valence electrons. The van der Waals surface area contributed by atoms with E-state index in [-0.39, 0.29) is 22.8 Å². The number of hydrogen-bond donors (Lipinski definition) is 2. The van der Waals surface area contributed by atoms with Crippen LogP contribution < -0.4 is 10.1 Å². The number of rotatable bonds is 6. The molecule has 0 fully saturated rings. The summed E-state index contributed by atoms with van der Waals surface area (Å²) in [7, 11) is 1.36. The fourth-order valence-corrected chi connectivity index (χ4v) is 1.86. The second-order valence-corrected chi connectivity index (χ2v) is 4.37. The predicted molar refractivity (Wildman–Crippen MR) is 77.5 cm³/mol. The molecule has 1 aromatic heterocycles. The molecule has 10 heteroatoms. The molecule has 0 saturated heterocycles. The number of nitrogens with zero attached hydrogens (tertiary/aromatic N) is 3. The SMILES string of the molecule is COc1ccc(NC(=O)Cn2nccc2C(=O)O)c([N+](=O)[O-])c1. The Bertz CT molecular complexity index is 770. The summed E-state index contributed by atoms with van der Waals surface area (Å²) < 4.78 is 5.87. The second kappa shape index (κ2) is 6.56. The van der Waals surface area contributed by atoms with Gasteiger partial charge in [0, 0.05) is 6.20 Å². The lowest BCUT2D eigenvalue weighted by Crippen LogP contribution is -2.22. The number of aromatic nitrogens is 2. The van der Waals surface area contributed by atoms with Crippen LogP contribution in [0.25, 0.3) is 0 Å². The first kappa shape index (κ1) is 15.9. The van der Waals surface area contributed by atoms with Crippen LogP contribution in [0.15, 0.2) is 30.5 Å². The average Bonchev–Trinajstić information content (AvgIpc) is 2.95. The van der Waals surface area contributed by atoms with E-state index in [1.807, 2.05) is 0 Å². The number of carboxylic acids is 1. The van der Waals surface area contributed by atoms with Crippen molar-refractivity contribution in [3.63, 3.8) is 0 Å². The van der Waals surface area contributed by atoms with Gasteiger partial charge in [0.05, 0.1) is 18.1 Å². The van der Waals surface area contributed by atoms with Crippen molar-refractivity contribution in [3.05, 3.63) is 46.3 Å². The van der Waals surface area contributed by atoms with Gasteiger partial charge in [-0.25, -0.2) is 9.48 Å². The molecular formula is C13H12N4O6. The van der Waals surface area contributed by atoms with Crippen LogP contribution in [0, 0.1) is 10.1 Å². The first-order valence-corrected chi connectivity index (χ1v) is 6.29. The number of carbonyl (C=O) groups is 2. The Morgan fingerprint density at radius 1 is 1.43 bits per heavy atom. The molecule has 0 aliphatic heterocycles. The van der Waals surface area contributed by atoms with Crippen molar-refractivity contribution in [1.29, 1.82) is 0 Å². The van der Waals surface area contributed by atoms with Gasteiger partial charge in [-0.05, 0) is 18.2 Å². The number of ether oxygens (including phenoxy) is 1. The molecule has 1 heterocycles. The minimum absolute atomic E-state index is 0.0233. The molecule has 1 aromatic carbocycles. The average molecular weight is 320 g/mol. The first-order valence-electron chi connectivity index (χ1n) is 6.29. The minimum Gasteiger partial charge on any atom is -0.496 e. The third kappa shape index (κ3) is 3.61. The molecule has 2 rings (SSSR count). The predicted octanol–water partition coefficient (Wildman–Crippen LogP) is 1.14. The highest BCUT2D eigenvalue weighted by Crippen LogP contribution is 2.28. The Balaban J connectivity index is 2.18. The van der Waals surface area contributed by atoms with Crippen molar-refractivity contribution in [2.75, 3.05) is 12.4 Å². The fourth-order valence-electron chi connectivity index (χ4n) is 1.86. The molecule has 1 amide bonds. The monoisotopic (exact) mass is 320 g/mol. The molecule has 0 unspecified atom stereocenters. The Kier molecular flexibility index (Phi) is 4.55. The Labute approximate surface area is 129 Å². The maximum absolute atomic E-state index is 12.0. The minimum atomic E-state index is -1.23. The van der Waals surface area contributed by atoms with E-state index < -0.39 is 23.3 Å². The summed E-state index contributed by atoms with van der Waals surface area (Å²) in [5.41, 5.74) is -0.522. The van der Waals surface area contributed by atoms with Gasteiger partial charge >= 0.3 is 5.97 Å². The number of nitro groups is 1. The van der Waals surface area contributed by atoms with Gasteiger partial charge in [0.15, 0.2) is 0 Å². The number of methoxy groups -OCH3 is 1. The number of anilines is 1. The zero-order chi connectivity index (χ0) is 17.0. The van der Waals surface area contributed by atoms with E-state index in [0.29, 0.717) is 0 Å². The third-order valence-corrected chi connectivity index (χ3v) is 2.90. The van der Waals surface area contributed by atoms with E-state index in [9.17, 15) is 19.7 Å². The number of amides is 1. The maximum atomic E-state index is 12.0. The normalized spacial score (nSPS) is 10.1. The number of hydrogen-bond acceptors (Lipinski definition) is 6. The molecule has 23 heavy (non-hydrogen) atoms. The van der Waals surface area contributed by atoms with Crippen molar-refractivity contribution in [3.8, 4) is 5.75 Å². The second-order valence-electron chi connectivity index (χ2n) is 4.37. The number of aromatic carboxylic acids is 1. The summed E-state index contributed by atoms with van der Waals surface area (Å²) in [6.07, 6.45) is 1.24. The summed E-state index contributed by atoms with van der Waals surface area (Å²) in [5, 5.41) is 26.1. The molecule has 0 saturated carbocycles. The molecule has 0 radical (unpaired) electrons. The quantitative estimate of drug-likeness (QED) is 0.601. The van der Waals surface area contributed by atoms with Crippen LogP contribution in [0.2, 0.25) is 0 Å². The highest BCUT2D eigenvalue weighted by atomic mass is 16.6. The van der Waals surface area contributed by atoms with E-state index in [1.165, 1.54) is 37.6 Å². The molecule has 0 aliphatic rings. The van der Waals surface area contributed by atoms with E-state index in [4.69, 9.17) is 9.84 Å². The number of carboxylic acid groups (broad SMARTS) is 1. The van der Waals surface area contributed by atoms with Gasteiger partial charge in [0.2, 0.25) is 5.91 Å². The van der Waals surface area contributed by atoms with Crippen LogP contribution in [0.5, 0.6) is 5.75 Å². The van der Waals surface area contributed by atoms with Gasteiger partial charge in [-0.15, -0.1) is 0 Å². The topological polar surface area (TPSA) is 137 Å². The molecule has 2 N–H and O–H groups in total. The van der Waals surface area contributed by atoms with Gasteiger partial charge in [-0.3, -0.25) is 14.9 Å². The van der Waals surface area contributed by atoms with Gasteiger partial charge in [-0.2, -0.15) is 5.10 Å². The smallest absolute Gasteiger partial charge is 0.354 e.